The Bertz CT molecular complexity index is 408. The van der Waals surface area contributed by atoms with Gasteiger partial charge in [-0.3, -0.25) is 0 Å². The maximum absolute atomic E-state index is 12.6. The van der Waals surface area contributed by atoms with Crippen LogP contribution < -0.4 is 0 Å². The summed E-state index contributed by atoms with van der Waals surface area (Å²) in [4.78, 5) is 27.2. The number of carboxylic acids is 1. The zero-order valence-electron chi connectivity index (χ0n) is 13.2. The first-order valence-corrected chi connectivity index (χ1v) is 8.82. The van der Waals surface area contributed by atoms with E-state index in [1.807, 2.05) is 4.90 Å². The zero-order chi connectivity index (χ0) is 15.6. The van der Waals surface area contributed by atoms with Crippen LogP contribution in [-0.4, -0.2) is 57.7 Å². The molecule has 2 fully saturated rings. The molecule has 6 heteroatoms. The summed E-state index contributed by atoms with van der Waals surface area (Å²) in [6.07, 6.45) is 3.16. The third-order valence-corrected chi connectivity index (χ3v) is 5.65. The topological polar surface area (TPSA) is 60.9 Å². The number of nitrogens with zero attached hydrogens (tertiary/aromatic N) is 2. The molecule has 0 spiro atoms. The predicted octanol–water partition coefficient (Wildman–Crippen LogP) is 2.71. The summed E-state index contributed by atoms with van der Waals surface area (Å²) in [6, 6.07) is -0.758. The van der Waals surface area contributed by atoms with Crippen molar-refractivity contribution in [2.75, 3.05) is 24.7 Å². The first-order chi connectivity index (χ1) is 9.80. The van der Waals surface area contributed by atoms with Gasteiger partial charge in [-0.25, -0.2) is 9.59 Å². The Hall–Kier alpha value is -0.910. The number of hydrogen-bond donors (Lipinski definition) is 1. The molecule has 5 nitrogen and oxygen atoms in total. The van der Waals surface area contributed by atoms with Crippen molar-refractivity contribution in [2.45, 2.75) is 46.1 Å². The molecule has 2 aliphatic heterocycles. The van der Waals surface area contributed by atoms with E-state index in [1.165, 1.54) is 16.7 Å². The largest absolute Gasteiger partial charge is 0.480 e. The Morgan fingerprint density at radius 2 is 1.90 bits per heavy atom. The summed E-state index contributed by atoms with van der Waals surface area (Å²) >= 11 is 1.52. The van der Waals surface area contributed by atoms with Crippen LogP contribution in [0.25, 0.3) is 0 Å². The number of rotatable bonds is 1. The van der Waals surface area contributed by atoms with Crippen LogP contribution in [0.15, 0.2) is 0 Å². The second-order valence-electron chi connectivity index (χ2n) is 7.09. The molecule has 1 N–H and O–H groups in total. The highest BCUT2D eigenvalue weighted by Gasteiger charge is 2.37. The summed E-state index contributed by atoms with van der Waals surface area (Å²) in [5, 5.41) is 9.21. The van der Waals surface area contributed by atoms with Gasteiger partial charge in [-0.1, -0.05) is 20.8 Å². The number of amides is 2. The molecule has 0 aromatic carbocycles. The Morgan fingerprint density at radius 3 is 2.52 bits per heavy atom. The molecule has 120 valence electrons. The van der Waals surface area contributed by atoms with Crippen LogP contribution in [0.1, 0.15) is 40.0 Å². The first-order valence-electron chi connectivity index (χ1n) is 7.67. The summed E-state index contributed by atoms with van der Waals surface area (Å²) in [7, 11) is 0. The molecule has 0 aromatic rings. The molecule has 1 unspecified atom stereocenters. The highest BCUT2D eigenvalue weighted by molar-refractivity contribution is 7.99. The fraction of sp³-hybridized carbons (Fsp3) is 0.867. The number of carboxylic acid groups (broad SMARTS) is 1. The third kappa shape index (κ3) is 3.84. The van der Waals surface area contributed by atoms with Crippen molar-refractivity contribution >= 4 is 23.8 Å². The van der Waals surface area contributed by atoms with Crippen molar-refractivity contribution in [3.05, 3.63) is 0 Å². The summed E-state index contributed by atoms with van der Waals surface area (Å²) < 4.78 is 0. The Morgan fingerprint density at radius 1 is 1.19 bits per heavy atom. The standard InChI is InChI=1S/C15H26N2O3S/c1-15(2,3)11-5-4-7-16(8-6-11)14(20)17-10-21-9-12(17)13(18)19/h11-12H,4-10H2,1-3H3,(H,18,19)/t11?,12-/m0/s1. The second-order valence-corrected chi connectivity index (χ2v) is 8.09. The highest BCUT2D eigenvalue weighted by atomic mass is 32.2. The average Bonchev–Trinajstić information content (AvgIpc) is 2.73. The predicted molar refractivity (Wildman–Crippen MR) is 84.4 cm³/mol. The lowest BCUT2D eigenvalue weighted by Gasteiger charge is -2.31. The number of aliphatic carboxylic acids is 1. The average molecular weight is 314 g/mol. The van der Waals surface area contributed by atoms with Crippen LogP contribution in [0.2, 0.25) is 0 Å². The number of thioether (sulfide) groups is 1. The van der Waals surface area contributed by atoms with Gasteiger partial charge >= 0.3 is 12.0 Å². The number of likely N-dealkylation sites (tertiary alicyclic amines) is 1. The molecule has 2 aliphatic rings. The summed E-state index contributed by atoms with van der Waals surface area (Å²) in [5.41, 5.74) is 0.270. The minimum Gasteiger partial charge on any atom is -0.480 e. The van der Waals surface area contributed by atoms with Crippen LogP contribution in [0, 0.1) is 11.3 Å². The van der Waals surface area contributed by atoms with E-state index >= 15 is 0 Å². The maximum atomic E-state index is 12.6. The molecule has 21 heavy (non-hydrogen) atoms. The number of carbonyl (C=O) groups excluding carboxylic acids is 1. The van der Waals surface area contributed by atoms with E-state index in [2.05, 4.69) is 20.8 Å². The van der Waals surface area contributed by atoms with Gasteiger partial charge in [0.15, 0.2) is 0 Å². The van der Waals surface area contributed by atoms with E-state index in [4.69, 9.17) is 0 Å². The van der Waals surface area contributed by atoms with Gasteiger partial charge in [-0.05, 0) is 30.6 Å². The van der Waals surface area contributed by atoms with E-state index in [0.717, 1.165) is 32.4 Å². The number of hydrogen-bond acceptors (Lipinski definition) is 3. The molecule has 0 bridgehead atoms. The van der Waals surface area contributed by atoms with Gasteiger partial charge in [0.2, 0.25) is 0 Å². The van der Waals surface area contributed by atoms with E-state index < -0.39 is 12.0 Å². The Labute approximate surface area is 131 Å². The number of carbonyl (C=O) groups is 2. The minimum absolute atomic E-state index is 0.0954. The fourth-order valence-corrected chi connectivity index (χ4v) is 4.31. The van der Waals surface area contributed by atoms with Crippen LogP contribution in [0.5, 0.6) is 0 Å². The Balaban J connectivity index is 1.99. The van der Waals surface area contributed by atoms with Gasteiger partial charge in [-0.2, -0.15) is 0 Å². The van der Waals surface area contributed by atoms with Crippen molar-refractivity contribution in [3.8, 4) is 0 Å². The molecule has 0 radical (unpaired) electrons. The number of urea groups is 1. The highest BCUT2D eigenvalue weighted by Crippen LogP contribution is 2.34. The third-order valence-electron chi connectivity index (χ3n) is 4.64. The maximum Gasteiger partial charge on any atom is 0.327 e. The van der Waals surface area contributed by atoms with Crippen LogP contribution in [0.3, 0.4) is 0 Å². The molecule has 2 rings (SSSR count). The van der Waals surface area contributed by atoms with E-state index in [0.29, 0.717) is 17.5 Å². The van der Waals surface area contributed by atoms with Crippen LogP contribution >= 0.6 is 11.8 Å². The molecule has 2 heterocycles. The van der Waals surface area contributed by atoms with Crippen LogP contribution in [-0.2, 0) is 4.79 Å². The van der Waals surface area contributed by atoms with Gasteiger partial charge in [0.1, 0.15) is 6.04 Å². The molecule has 0 saturated carbocycles. The Kier molecular flexibility index (Phi) is 5.07. The summed E-state index contributed by atoms with van der Waals surface area (Å²) in [5.74, 6) is 0.725. The lowest BCUT2D eigenvalue weighted by molar-refractivity contribution is -0.140. The van der Waals surface area contributed by atoms with Crippen molar-refractivity contribution in [3.63, 3.8) is 0 Å². The minimum atomic E-state index is -0.893. The van der Waals surface area contributed by atoms with Gasteiger partial charge in [0.25, 0.3) is 0 Å². The van der Waals surface area contributed by atoms with Crippen molar-refractivity contribution < 1.29 is 14.7 Å². The van der Waals surface area contributed by atoms with E-state index in [-0.39, 0.29) is 11.4 Å². The quantitative estimate of drug-likeness (QED) is 0.808. The monoisotopic (exact) mass is 314 g/mol. The zero-order valence-corrected chi connectivity index (χ0v) is 14.0. The first kappa shape index (κ1) is 16.5. The molecular weight excluding hydrogens is 288 g/mol. The summed E-state index contributed by atoms with van der Waals surface area (Å²) in [6.45, 7) is 8.26. The molecule has 0 aromatic heterocycles. The van der Waals surface area contributed by atoms with Crippen molar-refractivity contribution in [1.82, 2.24) is 9.80 Å². The van der Waals surface area contributed by atoms with Gasteiger partial charge in [-0.15, -0.1) is 11.8 Å². The molecular formula is C15H26N2O3S. The smallest absolute Gasteiger partial charge is 0.327 e. The van der Waals surface area contributed by atoms with E-state index in [1.54, 1.807) is 0 Å². The second kappa shape index (κ2) is 6.46. The molecule has 2 saturated heterocycles. The fourth-order valence-electron chi connectivity index (χ4n) is 3.17. The van der Waals surface area contributed by atoms with Crippen molar-refractivity contribution in [1.29, 1.82) is 0 Å². The molecule has 0 aliphatic carbocycles. The van der Waals surface area contributed by atoms with Gasteiger partial charge < -0.3 is 14.9 Å². The van der Waals surface area contributed by atoms with Crippen LogP contribution in [0.4, 0.5) is 4.79 Å². The normalized spacial score (nSPS) is 27.6. The lowest BCUT2D eigenvalue weighted by Crippen LogP contribution is -2.49. The lowest BCUT2D eigenvalue weighted by atomic mass is 9.77. The van der Waals surface area contributed by atoms with Gasteiger partial charge in [0.05, 0.1) is 5.88 Å². The van der Waals surface area contributed by atoms with Crippen molar-refractivity contribution in [2.24, 2.45) is 11.3 Å². The van der Waals surface area contributed by atoms with Gasteiger partial charge in [0, 0.05) is 18.8 Å². The molecule has 2 amide bonds. The molecule has 2 atom stereocenters. The SMILES string of the molecule is CC(C)(C)C1CCCN(C(=O)N2CSC[C@H]2C(=O)O)CC1. The van der Waals surface area contributed by atoms with E-state index in [9.17, 15) is 14.7 Å².